The summed E-state index contributed by atoms with van der Waals surface area (Å²) in [5, 5.41) is 3.03. The molecule has 0 amide bonds. The summed E-state index contributed by atoms with van der Waals surface area (Å²) >= 11 is 3.33. The van der Waals surface area contributed by atoms with E-state index in [1.807, 2.05) is 0 Å². The number of hydrogen-bond acceptors (Lipinski definition) is 2. The molecule has 0 aliphatic carbocycles. The van der Waals surface area contributed by atoms with Gasteiger partial charge in [0.15, 0.2) is 0 Å². The average molecular weight is 299 g/mol. The number of benzene rings is 1. The molecule has 0 aliphatic heterocycles. The molecule has 0 saturated carbocycles. The van der Waals surface area contributed by atoms with Crippen LogP contribution >= 0.6 is 15.9 Å². The molecule has 0 saturated heterocycles. The molecular formula is C12H9BrF2N2. The van der Waals surface area contributed by atoms with Crippen LogP contribution in [-0.2, 0) is 6.54 Å². The van der Waals surface area contributed by atoms with Crippen molar-refractivity contribution in [1.29, 1.82) is 0 Å². The minimum absolute atomic E-state index is 0.290. The van der Waals surface area contributed by atoms with E-state index in [1.54, 1.807) is 12.1 Å². The van der Waals surface area contributed by atoms with Gasteiger partial charge in [0.1, 0.15) is 5.82 Å². The summed E-state index contributed by atoms with van der Waals surface area (Å²) in [6, 6.07) is 7.31. The molecule has 0 fully saturated rings. The molecule has 0 radical (unpaired) electrons. The molecule has 0 unspecified atom stereocenters. The van der Waals surface area contributed by atoms with Crippen molar-refractivity contribution in [2.24, 2.45) is 0 Å². The fourth-order valence-corrected chi connectivity index (χ4v) is 1.74. The molecule has 5 heteroatoms. The van der Waals surface area contributed by atoms with Crippen molar-refractivity contribution in [1.82, 2.24) is 4.98 Å². The third kappa shape index (κ3) is 3.23. The van der Waals surface area contributed by atoms with E-state index in [0.29, 0.717) is 12.2 Å². The van der Waals surface area contributed by atoms with Gasteiger partial charge >= 0.3 is 0 Å². The van der Waals surface area contributed by atoms with E-state index in [-0.39, 0.29) is 5.82 Å². The monoisotopic (exact) mass is 298 g/mol. The normalized spacial score (nSPS) is 10.3. The van der Waals surface area contributed by atoms with Gasteiger partial charge < -0.3 is 5.32 Å². The van der Waals surface area contributed by atoms with Crippen molar-refractivity contribution in [2.45, 2.75) is 6.54 Å². The van der Waals surface area contributed by atoms with Crippen molar-refractivity contribution in [3.8, 4) is 0 Å². The predicted octanol–water partition coefficient (Wildman–Crippen LogP) is 3.73. The molecule has 2 aromatic rings. The zero-order valence-corrected chi connectivity index (χ0v) is 10.3. The molecule has 0 bridgehead atoms. The lowest BCUT2D eigenvalue weighted by atomic mass is 10.2. The van der Waals surface area contributed by atoms with Crippen molar-refractivity contribution in [3.63, 3.8) is 0 Å². The van der Waals surface area contributed by atoms with Gasteiger partial charge in [-0.2, -0.15) is 4.39 Å². The summed E-state index contributed by atoms with van der Waals surface area (Å²) in [5.74, 6) is -0.815. The SMILES string of the molecule is Fc1ccc(Br)c(CNc2ccc(F)nc2)c1. The lowest BCUT2D eigenvalue weighted by molar-refractivity contribution is 0.584. The highest BCUT2D eigenvalue weighted by Crippen LogP contribution is 2.19. The number of halogens is 3. The number of anilines is 1. The maximum absolute atomic E-state index is 13.0. The first-order valence-electron chi connectivity index (χ1n) is 4.94. The van der Waals surface area contributed by atoms with Gasteiger partial charge in [-0.3, -0.25) is 0 Å². The molecule has 1 heterocycles. The number of aromatic nitrogens is 1. The topological polar surface area (TPSA) is 24.9 Å². The summed E-state index contributed by atoms with van der Waals surface area (Å²) in [6.45, 7) is 0.436. The van der Waals surface area contributed by atoms with Crippen molar-refractivity contribution in [3.05, 3.63) is 58.3 Å². The summed E-state index contributed by atoms with van der Waals surface area (Å²) in [4.78, 5) is 3.52. The standard InChI is InChI=1S/C12H9BrF2N2/c13-11-3-1-9(14)5-8(11)6-16-10-2-4-12(15)17-7-10/h1-5,7,16H,6H2. The van der Waals surface area contributed by atoms with Crippen LogP contribution in [0.1, 0.15) is 5.56 Å². The molecule has 1 aromatic carbocycles. The van der Waals surface area contributed by atoms with Crippen LogP contribution in [0.15, 0.2) is 41.0 Å². The van der Waals surface area contributed by atoms with Gasteiger partial charge in [0.05, 0.1) is 11.9 Å². The molecule has 0 spiro atoms. The van der Waals surface area contributed by atoms with Crippen LogP contribution in [0.4, 0.5) is 14.5 Å². The van der Waals surface area contributed by atoms with Gasteiger partial charge in [-0.05, 0) is 35.9 Å². The van der Waals surface area contributed by atoms with Crippen LogP contribution in [0.2, 0.25) is 0 Å². The number of nitrogens with zero attached hydrogens (tertiary/aromatic N) is 1. The predicted molar refractivity (Wildman–Crippen MR) is 65.6 cm³/mol. The molecule has 2 rings (SSSR count). The molecule has 17 heavy (non-hydrogen) atoms. The van der Waals surface area contributed by atoms with E-state index in [0.717, 1.165) is 10.0 Å². The summed E-state index contributed by atoms with van der Waals surface area (Å²) in [5.41, 5.74) is 1.47. The second-order valence-corrected chi connectivity index (χ2v) is 4.31. The highest BCUT2D eigenvalue weighted by Gasteiger charge is 2.02. The lowest BCUT2D eigenvalue weighted by Gasteiger charge is -2.07. The Morgan fingerprint density at radius 2 is 2.00 bits per heavy atom. The first-order valence-corrected chi connectivity index (χ1v) is 5.74. The van der Waals surface area contributed by atoms with Gasteiger partial charge in [0, 0.05) is 11.0 Å². The molecule has 88 valence electrons. The first-order chi connectivity index (χ1) is 8.15. The quantitative estimate of drug-likeness (QED) is 0.873. The second kappa shape index (κ2) is 5.23. The van der Waals surface area contributed by atoms with Gasteiger partial charge in [-0.1, -0.05) is 15.9 Å². The largest absolute Gasteiger partial charge is 0.380 e. The second-order valence-electron chi connectivity index (χ2n) is 3.46. The zero-order valence-electron chi connectivity index (χ0n) is 8.75. The third-order valence-corrected chi connectivity index (χ3v) is 2.99. The van der Waals surface area contributed by atoms with Gasteiger partial charge in [0.2, 0.25) is 5.95 Å². The van der Waals surface area contributed by atoms with Crippen LogP contribution in [-0.4, -0.2) is 4.98 Å². The van der Waals surface area contributed by atoms with E-state index >= 15 is 0 Å². The van der Waals surface area contributed by atoms with Crippen molar-refractivity contribution >= 4 is 21.6 Å². The number of hydrogen-bond donors (Lipinski definition) is 1. The molecular weight excluding hydrogens is 290 g/mol. The van der Waals surface area contributed by atoms with Gasteiger partial charge in [-0.25, -0.2) is 9.37 Å². The van der Waals surface area contributed by atoms with E-state index in [9.17, 15) is 8.78 Å². The van der Waals surface area contributed by atoms with E-state index in [4.69, 9.17) is 0 Å². The minimum Gasteiger partial charge on any atom is -0.380 e. The molecule has 1 N–H and O–H groups in total. The maximum atomic E-state index is 13.0. The molecule has 2 nitrogen and oxygen atoms in total. The van der Waals surface area contributed by atoms with Gasteiger partial charge in [0.25, 0.3) is 0 Å². The minimum atomic E-state index is -0.525. The summed E-state index contributed by atoms with van der Waals surface area (Å²) in [6.07, 6.45) is 1.39. The highest BCUT2D eigenvalue weighted by atomic mass is 79.9. The Bertz CT molecular complexity index is 514. The Balaban J connectivity index is 2.07. The maximum Gasteiger partial charge on any atom is 0.212 e. The van der Waals surface area contributed by atoms with Crippen molar-refractivity contribution < 1.29 is 8.78 Å². The van der Waals surface area contributed by atoms with Crippen LogP contribution in [0.5, 0.6) is 0 Å². The number of pyridine rings is 1. The average Bonchev–Trinajstić information content (AvgIpc) is 2.32. The molecule has 0 aliphatic rings. The fraction of sp³-hybridized carbons (Fsp3) is 0.0833. The Morgan fingerprint density at radius 1 is 1.18 bits per heavy atom. The van der Waals surface area contributed by atoms with E-state index in [2.05, 4.69) is 26.2 Å². The smallest absolute Gasteiger partial charge is 0.212 e. The first kappa shape index (κ1) is 12.0. The molecule has 0 atom stereocenters. The van der Waals surface area contributed by atoms with Crippen LogP contribution in [0.3, 0.4) is 0 Å². The van der Waals surface area contributed by atoms with Crippen LogP contribution in [0, 0.1) is 11.8 Å². The Kier molecular flexibility index (Phi) is 3.68. The van der Waals surface area contributed by atoms with E-state index in [1.165, 1.54) is 24.4 Å². The van der Waals surface area contributed by atoms with E-state index < -0.39 is 5.95 Å². The Morgan fingerprint density at radius 3 is 2.71 bits per heavy atom. The Hall–Kier alpha value is -1.49. The summed E-state index contributed by atoms with van der Waals surface area (Å²) in [7, 11) is 0. The fourth-order valence-electron chi connectivity index (χ4n) is 1.36. The van der Waals surface area contributed by atoms with Gasteiger partial charge in [-0.15, -0.1) is 0 Å². The number of nitrogens with one attached hydrogen (secondary N) is 1. The third-order valence-electron chi connectivity index (χ3n) is 2.22. The van der Waals surface area contributed by atoms with Crippen molar-refractivity contribution in [2.75, 3.05) is 5.32 Å². The van der Waals surface area contributed by atoms with Crippen LogP contribution < -0.4 is 5.32 Å². The zero-order chi connectivity index (χ0) is 12.3. The summed E-state index contributed by atoms with van der Waals surface area (Å²) < 4.78 is 26.4. The number of rotatable bonds is 3. The highest BCUT2D eigenvalue weighted by molar-refractivity contribution is 9.10. The molecule has 1 aromatic heterocycles. The lowest BCUT2D eigenvalue weighted by Crippen LogP contribution is -2.01. The van der Waals surface area contributed by atoms with Crippen LogP contribution in [0.25, 0.3) is 0 Å². The Labute approximate surface area is 106 Å².